The van der Waals surface area contributed by atoms with Crippen LogP contribution in [0.1, 0.15) is 75.5 Å². The first-order chi connectivity index (χ1) is 14.2. The Morgan fingerprint density at radius 3 is 2.00 bits per heavy atom. The Morgan fingerprint density at radius 2 is 1.40 bits per heavy atom. The van der Waals surface area contributed by atoms with Crippen LogP contribution in [0, 0.1) is 0 Å². The van der Waals surface area contributed by atoms with Crippen LogP contribution in [0.3, 0.4) is 0 Å². The van der Waals surface area contributed by atoms with E-state index in [0.717, 1.165) is 17.7 Å². The highest BCUT2D eigenvalue weighted by Crippen LogP contribution is 2.51. The third-order valence-electron chi connectivity index (χ3n) is 5.88. The van der Waals surface area contributed by atoms with Crippen LogP contribution in [0.2, 0.25) is 0 Å². The summed E-state index contributed by atoms with van der Waals surface area (Å²) in [5.74, 6) is 0. The van der Waals surface area contributed by atoms with E-state index in [1.165, 1.54) is 22.4 Å². The number of anilines is 3. The minimum absolute atomic E-state index is 0.122. The van der Waals surface area contributed by atoms with Gasteiger partial charge in [-0.05, 0) is 58.5 Å². The molecule has 4 rings (SSSR count). The molecule has 1 aliphatic rings. The van der Waals surface area contributed by atoms with E-state index in [1.54, 1.807) is 0 Å². The molecule has 3 aromatic rings. The van der Waals surface area contributed by atoms with Crippen LogP contribution in [0.5, 0.6) is 0 Å². The normalized spacial score (nSPS) is 14.2. The third-order valence-corrected chi connectivity index (χ3v) is 5.88. The lowest BCUT2D eigenvalue weighted by Gasteiger charge is -2.42. The van der Waals surface area contributed by atoms with Crippen LogP contribution in [0.15, 0.2) is 66.7 Å². The van der Waals surface area contributed by atoms with Crippen LogP contribution in [-0.4, -0.2) is 6.29 Å². The number of fused-ring (bicyclic) bond motifs is 2. The Balaban J connectivity index is 0.00000124. The van der Waals surface area contributed by atoms with Crippen molar-refractivity contribution in [1.82, 2.24) is 0 Å². The van der Waals surface area contributed by atoms with E-state index < -0.39 is 0 Å². The number of hydrogen-bond acceptors (Lipinski definition) is 2. The summed E-state index contributed by atoms with van der Waals surface area (Å²) in [6, 6.07) is 23.4. The van der Waals surface area contributed by atoms with Gasteiger partial charge < -0.3 is 4.90 Å². The van der Waals surface area contributed by atoms with E-state index in [9.17, 15) is 4.79 Å². The van der Waals surface area contributed by atoms with E-state index in [2.05, 4.69) is 94.1 Å². The van der Waals surface area contributed by atoms with Crippen molar-refractivity contribution in [3.63, 3.8) is 0 Å². The summed E-state index contributed by atoms with van der Waals surface area (Å²) in [7, 11) is 0. The molecule has 30 heavy (non-hydrogen) atoms. The number of aldehydes is 1. The van der Waals surface area contributed by atoms with E-state index in [-0.39, 0.29) is 10.8 Å². The predicted molar refractivity (Wildman–Crippen MR) is 129 cm³/mol. The van der Waals surface area contributed by atoms with Crippen molar-refractivity contribution in [2.24, 2.45) is 0 Å². The summed E-state index contributed by atoms with van der Waals surface area (Å²) < 4.78 is 0. The molecule has 0 aromatic heterocycles. The van der Waals surface area contributed by atoms with Crippen LogP contribution < -0.4 is 4.90 Å². The van der Waals surface area contributed by atoms with E-state index in [1.807, 2.05) is 26.0 Å². The van der Waals surface area contributed by atoms with Gasteiger partial charge in [-0.2, -0.15) is 0 Å². The highest BCUT2D eigenvalue weighted by atomic mass is 16.1. The average molecular weight is 400 g/mol. The molecule has 3 aromatic carbocycles. The van der Waals surface area contributed by atoms with Gasteiger partial charge in [0.15, 0.2) is 0 Å². The highest BCUT2D eigenvalue weighted by molar-refractivity contribution is 5.88. The Kier molecular flexibility index (Phi) is 5.90. The molecule has 0 bridgehead atoms. The zero-order valence-electron chi connectivity index (χ0n) is 19.3. The van der Waals surface area contributed by atoms with Crippen LogP contribution in [0.4, 0.5) is 17.1 Å². The molecule has 0 saturated carbocycles. The maximum atomic E-state index is 11.4. The maximum Gasteiger partial charge on any atom is 0.150 e. The quantitative estimate of drug-likeness (QED) is 0.408. The molecule has 1 aliphatic heterocycles. The van der Waals surface area contributed by atoms with Crippen LogP contribution >= 0.6 is 0 Å². The van der Waals surface area contributed by atoms with Gasteiger partial charge in [-0.25, -0.2) is 0 Å². The van der Waals surface area contributed by atoms with Crippen molar-refractivity contribution in [2.75, 3.05) is 4.90 Å². The van der Waals surface area contributed by atoms with Crippen molar-refractivity contribution in [3.8, 4) is 0 Å². The van der Waals surface area contributed by atoms with Gasteiger partial charge in [0.2, 0.25) is 0 Å². The minimum atomic E-state index is -0.174. The topological polar surface area (TPSA) is 20.3 Å². The fourth-order valence-corrected chi connectivity index (χ4v) is 4.18. The number of nitrogens with zero attached hydrogens (tertiary/aromatic N) is 1. The van der Waals surface area contributed by atoms with E-state index >= 15 is 0 Å². The number of hydrogen-bond donors (Lipinski definition) is 0. The Labute approximate surface area is 181 Å². The Bertz CT molecular complexity index is 1040. The molecule has 0 fully saturated rings. The molecule has 0 saturated heterocycles. The smallest absolute Gasteiger partial charge is 0.150 e. The lowest BCUT2D eigenvalue weighted by atomic mass is 9.73. The second-order valence-corrected chi connectivity index (χ2v) is 9.17. The Morgan fingerprint density at radius 1 is 0.800 bits per heavy atom. The van der Waals surface area contributed by atoms with Crippen molar-refractivity contribution >= 4 is 23.3 Å². The summed E-state index contributed by atoms with van der Waals surface area (Å²) in [5, 5.41) is 0. The van der Waals surface area contributed by atoms with Gasteiger partial charge in [0.05, 0.1) is 11.4 Å². The second kappa shape index (κ2) is 8.10. The molecule has 0 spiro atoms. The first-order valence-corrected chi connectivity index (χ1v) is 10.8. The minimum Gasteiger partial charge on any atom is -0.310 e. The second-order valence-electron chi connectivity index (χ2n) is 9.17. The summed E-state index contributed by atoms with van der Waals surface area (Å²) >= 11 is 0. The number of carbonyl (C=O) groups excluding carboxylic acids is 1. The molecule has 2 heteroatoms. The molecule has 0 atom stereocenters. The molecule has 1 heterocycles. The molecule has 2 nitrogen and oxygen atoms in total. The molecule has 0 unspecified atom stereocenters. The van der Waals surface area contributed by atoms with Gasteiger partial charge in [0.1, 0.15) is 6.29 Å². The fraction of sp³-hybridized carbons (Fsp3) is 0.321. The fourth-order valence-electron chi connectivity index (χ4n) is 4.18. The summed E-state index contributed by atoms with van der Waals surface area (Å²) in [5.41, 5.74) is 7.90. The number of carbonyl (C=O) groups is 1. The summed E-state index contributed by atoms with van der Waals surface area (Å²) in [6.45, 7) is 15.2. The standard InChI is InChI=1S/C26H27NO.C2H6/c1-25(2,3)19-11-13-20(14-12-19)27-23-9-7-6-8-21(23)26(4,5)22-16-18(17-28)10-15-24(22)27;1-2/h6-17H,1-5H3;1-2H3. The predicted octanol–water partition coefficient (Wildman–Crippen LogP) is 7.93. The van der Waals surface area contributed by atoms with Crippen molar-refractivity contribution in [2.45, 2.75) is 59.3 Å². The molecule has 156 valence electrons. The van der Waals surface area contributed by atoms with Crippen LogP contribution in [0.25, 0.3) is 0 Å². The molecule has 0 N–H and O–H groups in total. The van der Waals surface area contributed by atoms with Crippen molar-refractivity contribution < 1.29 is 4.79 Å². The van der Waals surface area contributed by atoms with Gasteiger partial charge in [-0.15, -0.1) is 0 Å². The maximum absolute atomic E-state index is 11.4. The van der Waals surface area contributed by atoms with Crippen LogP contribution in [-0.2, 0) is 10.8 Å². The largest absolute Gasteiger partial charge is 0.310 e. The molecule has 0 amide bonds. The van der Waals surface area contributed by atoms with E-state index in [4.69, 9.17) is 0 Å². The molecular weight excluding hydrogens is 366 g/mol. The number of para-hydroxylation sites is 1. The Hall–Kier alpha value is -2.87. The first-order valence-electron chi connectivity index (χ1n) is 10.8. The highest BCUT2D eigenvalue weighted by Gasteiger charge is 2.36. The number of rotatable bonds is 2. The van der Waals surface area contributed by atoms with Gasteiger partial charge in [0, 0.05) is 16.7 Å². The lowest BCUT2D eigenvalue weighted by Crippen LogP contribution is -2.30. The van der Waals surface area contributed by atoms with Gasteiger partial charge >= 0.3 is 0 Å². The summed E-state index contributed by atoms with van der Waals surface area (Å²) in [4.78, 5) is 13.7. The van der Waals surface area contributed by atoms with Crippen molar-refractivity contribution in [3.05, 3.63) is 89.0 Å². The third kappa shape index (κ3) is 3.67. The number of benzene rings is 3. The van der Waals surface area contributed by atoms with E-state index in [0.29, 0.717) is 5.56 Å². The monoisotopic (exact) mass is 399 g/mol. The van der Waals surface area contributed by atoms with Gasteiger partial charge in [0.25, 0.3) is 0 Å². The SMILES string of the molecule is CC.CC(C)(C)c1ccc(N2c3ccccc3C(C)(C)c3cc(C=O)ccc32)cc1. The summed E-state index contributed by atoms with van der Waals surface area (Å²) in [6.07, 6.45) is 0.930. The average Bonchev–Trinajstić information content (AvgIpc) is 2.75. The van der Waals surface area contributed by atoms with Crippen molar-refractivity contribution in [1.29, 1.82) is 0 Å². The van der Waals surface area contributed by atoms with Gasteiger partial charge in [-0.1, -0.05) is 78.8 Å². The molecular formula is C28H33NO. The lowest BCUT2D eigenvalue weighted by molar-refractivity contribution is 0.112. The zero-order valence-corrected chi connectivity index (χ0v) is 19.3. The first kappa shape index (κ1) is 21.8. The molecule has 0 radical (unpaired) electrons. The zero-order chi connectivity index (χ0) is 22.1. The molecule has 0 aliphatic carbocycles. The van der Waals surface area contributed by atoms with Gasteiger partial charge in [-0.3, -0.25) is 4.79 Å².